The maximum atomic E-state index is 13.9. The summed E-state index contributed by atoms with van der Waals surface area (Å²) in [5.41, 5.74) is 2.90. The highest BCUT2D eigenvalue weighted by atomic mass is 28.4. The Bertz CT molecular complexity index is 1120. The molecule has 3 atom stereocenters. The summed E-state index contributed by atoms with van der Waals surface area (Å²) < 4.78 is 6.28. The quantitative estimate of drug-likeness (QED) is 0.0959. The van der Waals surface area contributed by atoms with Crippen LogP contribution in [0.1, 0.15) is 119 Å². The van der Waals surface area contributed by atoms with Gasteiger partial charge in [-0.25, -0.2) is 4.79 Å². The fourth-order valence-corrected chi connectivity index (χ4v) is 6.46. The van der Waals surface area contributed by atoms with Crippen molar-refractivity contribution >= 4 is 26.1 Å². The second-order valence-electron chi connectivity index (χ2n) is 14.7. The Balaban J connectivity index is 2.74. The van der Waals surface area contributed by atoms with Crippen LogP contribution in [-0.4, -0.2) is 36.3 Å². The normalized spacial score (nSPS) is 15.5. The lowest BCUT2D eigenvalue weighted by Crippen LogP contribution is -2.48. The van der Waals surface area contributed by atoms with E-state index in [0.29, 0.717) is 18.8 Å². The van der Waals surface area contributed by atoms with Gasteiger partial charge in [-0.05, 0) is 101 Å². The van der Waals surface area contributed by atoms with E-state index in [9.17, 15) is 14.7 Å². The van der Waals surface area contributed by atoms with Crippen LogP contribution in [0.25, 0.3) is 6.08 Å². The van der Waals surface area contributed by atoms with Crippen molar-refractivity contribution in [1.29, 1.82) is 0 Å². The minimum atomic E-state index is -2.32. The molecule has 0 bridgehead atoms. The Labute approximate surface area is 264 Å². The molecule has 240 valence electrons. The fraction of sp³-hybridized carbons (Fsp3) is 0.649. The number of carboxylic acids is 1. The number of ketones is 1. The number of pyridine rings is 1. The summed E-state index contributed by atoms with van der Waals surface area (Å²) >= 11 is 0. The van der Waals surface area contributed by atoms with Gasteiger partial charge in [0.2, 0.25) is 0 Å². The lowest BCUT2D eigenvalue weighted by Gasteiger charge is -2.40. The van der Waals surface area contributed by atoms with Crippen molar-refractivity contribution in [1.82, 2.24) is 4.98 Å². The molecule has 0 spiro atoms. The molecule has 0 saturated heterocycles. The molecule has 0 aromatic carbocycles. The van der Waals surface area contributed by atoms with E-state index >= 15 is 0 Å². The number of aliphatic carboxylic acids is 1. The summed E-state index contributed by atoms with van der Waals surface area (Å²) in [4.78, 5) is 30.5. The van der Waals surface area contributed by atoms with Gasteiger partial charge in [-0.1, -0.05) is 71.3 Å². The van der Waals surface area contributed by atoms with Gasteiger partial charge in [0, 0.05) is 24.0 Å². The fourth-order valence-electron chi connectivity index (χ4n) is 5.21. The molecule has 6 heteroatoms. The van der Waals surface area contributed by atoms with Gasteiger partial charge in [0.1, 0.15) is 11.9 Å². The summed E-state index contributed by atoms with van der Waals surface area (Å²) in [7, 11) is -2.32. The number of Topliss-reactive ketones (excluding diaryl/α,β-unsaturated/α-hetero) is 1. The van der Waals surface area contributed by atoms with Crippen LogP contribution in [0, 0.1) is 29.6 Å². The average molecular weight is 610 g/mol. The maximum Gasteiger partial charge on any atom is 0.331 e. The minimum absolute atomic E-state index is 0.102. The van der Waals surface area contributed by atoms with Crippen LogP contribution in [0.15, 0.2) is 41.6 Å². The molecular formula is C37H59NO4Si. The number of aromatic nitrogens is 1. The van der Waals surface area contributed by atoms with Crippen molar-refractivity contribution in [3.63, 3.8) is 0 Å². The highest BCUT2D eigenvalue weighted by Crippen LogP contribution is 2.40. The lowest BCUT2D eigenvalue weighted by atomic mass is 9.73. The SMILES string of the molecule is C#CCCC(CC(C)CCC/C(C)=C/CC/C(C)=C/c1ccccn1)C(=O)C(C)(C)CC(O[Si](C)(C)C(C)(C)C)C(=O)O. The largest absolute Gasteiger partial charge is 0.479 e. The molecule has 0 amide bonds. The van der Waals surface area contributed by atoms with Gasteiger partial charge < -0.3 is 9.53 Å². The number of carbonyl (C=O) groups is 2. The predicted octanol–water partition coefficient (Wildman–Crippen LogP) is 9.90. The molecule has 1 rings (SSSR count). The number of hydrogen-bond donors (Lipinski definition) is 1. The molecule has 5 nitrogen and oxygen atoms in total. The molecule has 1 heterocycles. The Morgan fingerprint density at radius 1 is 1.09 bits per heavy atom. The van der Waals surface area contributed by atoms with Crippen LogP contribution in [0.2, 0.25) is 18.1 Å². The van der Waals surface area contributed by atoms with Crippen LogP contribution >= 0.6 is 0 Å². The zero-order chi connectivity index (χ0) is 32.8. The van der Waals surface area contributed by atoms with E-state index in [1.165, 1.54) is 11.1 Å². The van der Waals surface area contributed by atoms with Gasteiger partial charge in [-0.3, -0.25) is 9.78 Å². The topological polar surface area (TPSA) is 76.5 Å². The molecule has 1 aromatic heterocycles. The van der Waals surface area contributed by atoms with Crippen LogP contribution in [0.3, 0.4) is 0 Å². The Morgan fingerprint density at radius 3 is 2.33 bits per heavy atom. The van der Waals surface area contributed by atoms with E-state index < -0.39 is 25.8 Å². The average Bonchev–Trinajstić information content (AvgIpc) is 2.89. The molecule has 43 heavy (non-hydrogen) atoms. The predicted molar refractivity (Wildman–Crippen MR) is 183 cm³/mol. The summed E-state index contributed by atoms with van der Waals surface area (Å²) in [6.45, 7) is 20.7. The van der Waals surface area contributed by atoms with Crippen molar-refractivity contribution in [3.8, 4) is 12.3 Å². The van der Waals surface area contributed by atoms with E-state index in [0.717, 1.165) is 44.2 Å². The Hall–Kier alpha value is -2.49. The van der Waals surface area contributed by atoms with Gasteiger partial charge in [-0.15, -0.1) is 12.3 Å². The second-order valence-corrected chi connectivity index (χ2v) is 19.4. The molecule has 0 saturated carbocycles. The van der Waals surface area contributed by atoms with Crippen molar-refractivity contribution in [3.05, 3.63) is 47.3 Å². The molecule has 0 aliphatic heterocycles. The smallest absolute Gasteiger partial charge is 0.331 e. The van der Waals surface area contributed by atoms with Gasteiger partial charge >= 0.3 is 5.97 Å². The van der Waals surface area contributed by atoms with Crippen LogP contribution in [0.4, 0.5) is 0 Å². The molecule has 0 fully saturated rings. The maximum absolute atomic E-state index is 13.9. The number of nitrogens with zero attached hydrogens (tertiary/aromatic N) is 1. The van der Waals surface area contributed by atoms with E-state index in [4.69, 9.17) is 10.8 Å². The first kappa shape index (κ1) is 38.5. The molecule has 0 radical (unpaired) electrons. The summed E-state index contributed by atoms with van der Waals surface area (Å²) in [5.74, 6) is 1.99. The van der Waals surface area contributed by atoms with E-state index in [1.807, 2.05) is 51.3 Å². The summed E-state index contributed by atoms with van der Waals surface area (Å²) in [6.07, 6.45) is 18.2. The monoisotopic (exact) mass is 609 g/mol. The molecule has 0 aliphatic carbocycles. The van der Waals surface area contributed by atoms with Gasteiger partial charge in [0.05, 0.1) is 5.69 Å². The van der Waals surface area contributed by atoms with E-state index in [-0.39, 0.29) is 23.2 Å². The number of carbonyl (C=O) groups excluding carboxylic acids is 1. The van der Waals surface area contributed by atoms with Crippen molar-refractivity contribution in [2.45, 2.75) is 137 Å². The standard InChI is InChI=1S/C37H59NO4Si/c1-12-13-22-31(34(39)37(8,9)27-33(35(40)41)42-43(10,11)36(5,6)7)25-29(3)20-16-18-28(2)19-17-21-30(4)26-32-23-14-15-24-38-32/h1,14-15,19,23-24,26,29,31,33H,13,16-18,20-22,25,27H2,2-11H3,(H,40,41)/b28-19+,30-26+. The van der Waals surface area contributed by atoms with Crippen molar-refractivity contribution in [2.75, 3.05) is 0 Å². The van der Waals surface area contributed by atoms with Crippen LogP contribution < -0.4 is 0 Å². The summed E-state index contributed by atoms with van der Waals surface area (Å²) in [5, 5.41) is 9.88. The molecule has 1 N–H and O–H groups in total. The zero-order valence-electron chi connectivity index (χ0n) is 28.8. The molecule has 1 aromatic rings. The Morgan fingerprint density at radius 2 is 1.77 bits per heavy atom. The highest BCUT2D eigenvalue weighted by Gasteiger charge is 2.44. The number of allylic oxidation sites excluding steroid dienone is 3. The lowest BCUT2D eigenvalue weighted by molar-refractivity contribution is -0.148. The van der Waals surface area contributed by atoms with Crippen LogP contribution in [0.5, 0.6) is 0 Å². The number of hydrogen-bond acceptors (Lipinski definition) is 4. The summed E-state index contributed by atoms with van der Waals surface area (Å²) in [6, 6.07) is 5.96. The minimum Gasteiger partial charge on any atom is -0.479 e. The van der Waals surface area contributed by atoms with Gasteiger partial charge in [-0.2, -0.15) is 0 Å². The third-order valence-corrected chi connectivity index (χ3v) is 13.4. The first-order valence-electron chi connectivity index (χ1n) is 16.0. The third-order valence-electron chi connectivity index (χ3n) is 8.96. The van der Waals surface area contributed by atoms with E-state index in [2.05, 4.69) is 64.6 Å². The van der Waals surface area contributed by atoms with Gasteiger partial charge in [0.25, 0.3) is 0 Å². The van der Waals surface area contributed by atoms with Crippen LogP contribution in [-0.2, 0) is 14.0 Å². The number of rotatable bonds is 19. The molecule has 3 unspecified atom stereocenters. The second kappa shape index (κ2) is 17.7. The first-order valence-corrected chi connectivity index (χ1v) is 18.9. The highest BCUT2D eigenvalue weighted by molar-refractivity contribution is 6.74. The number of carboxylic acid groups (broad SMARTS) is 1. The molecule has 0 aliphatic rings. The van der Waals surface area contributed by atoms with Gasteiger partial charge in [0.15, 0.2) is 8.32 Å². The third kappa shape index (κ3) is 14.2. The van der Waals surface area contributed by atoms with E-state index in [1.54, 1.807) is 0 Å². The molecular weight excluding hydrogens is 550 g/mol. The first-order chi connectivity index (χ1) is 19.9. The van der Waals surface area contributed by atoms with Crippen molar-refractivity contribution < 1.29 is 19.1 Å². The zero-order valence-corrected chi connectivity index (χ0v) is 29.8. The Kier molecular flexibility index (Phi) is 15.9. The number of terminal acetylenes is 1. The van der Waals surface area contributed by atoms with Crippen molar-refractivity contribution in [2.24, 2.45) is 17.3 Å².